The number of halogens is 1. The number of hydrogen-bond donors (Lipinski definition) is 1. The molecule has 0 aliphatic rings. The number of rotatable bonds is 3. The van der Waals surface area contributed by atoms with Gasteiger partial charge in [-0.25, -0.2) is 9.78 Å². The summed E-state index contributed by atoms with van der Waals surface area (Å²) in [4.78, 5) is 29.2. The number of aromatic amines is 1. The van der Waals surface area contributed by atoms with Crippen LogP contribution in [0.25, 0.3) is 11.3 Å². The van der Waals surface area contributed by atoms with Gasteiger partial charge in [-0.05, 0) is 28.2 Å². The van der Waals surface area contributed by atoms with Gasteiger partial charge in [0, 0.05) is 11.8 Å². The van der Waals surface area contributed by atoms with Gasteiger partial charge < -0.3 is 4.42 Å². The van der Waals surface area contributed by atoms with E-state index in [9.17, 15) is 9.59 Å². The van der Waals surface area contributed by atoms with Gasteiger partial charge in [0.1, 0.15) is 0 Å². The number of benzene rings is 1. The lowest BCUT2D eigenvalue weighted by Gasteiger charge is -2.06. The lowest BCUT2D eigenvalue weighted by Crippen LogP contribution is -2.31. The van der Waals surface area contributed by atoms with Crippen molar-refractivity contribution in [2.75, 3.05) is 0 Å². The summed E-state index contributed by atoms with van der Waals surface area (Å²) in [6.07, 6.45) is 4.57. The number of nitrogens with one attached hydrogen (secondary N) is 1. The second kappa shape index (κ2) is 5.68. The van der Waals surface area contributed by atoms with Crippen LogP contribution >= 0.6 is 22.6 Å². The lowest BCUT2D eigenvalue weighted by molar-refractivity contribution is 0.572. The van der Waals surface area contributed by atoms with Crippen LogP contribution in [0.2, 0.25) is 0 Å². The van der Waals surface area contributed by atoms with Crippen LogP contribution in [0.1, 0.15) is 5.56 Å². The highest BCUT2D eigenvalue weighted by Gasteiger charge is 2.04. The summed E-state index contributed by atoms with van der Waals surface area (Å²) in [5, 5.41) is 0. The van der Waals surface area contributed by atoms with Crippen LogP contribution in [-0.4, -0.2) is 14.5 Å². The fourth-order valence-electron chi connectivity index (χ4n) is 1.93. The first kappa shape index (κ1) is 13.8. The van der Waals surface area contributed by atoms with Gasteiger partial charge in [0.05, 0.1) is 16.3 Å². The second-order valence-electron chi connectivity index (χ2n) is 4.43. The molecular formula is C14H10IN3O3. The van der Waals surface area contributed by atoms with Gasteiger partial charge in [-0.1, -0.05) is 24.3 Å². The number of hydrogen-bond acceptors (Lipinski definition) is 4. The van der Waals surface area contributed by atoms with Crippen molar-refractivity contribution in [2.45, 2.75) is 6.54 Å². The summed E-state index contributed by atoms with van der Waals surface area (Å²) >= 11 is 1.90. The molecule has 0 amide bonds. The van der Waals surface area contributed by atoms with Crippen molar-refractivity contribution in [1.29, 1.82) is 0 Å². The molecule has 0 saturated carbocycles. The highest BCUT2D eigenvalue weighted by Crippen LogP contribution is 2.19. The van der Waals surface area contributed by atoms with E-state index in [1.54, 1.807) is 12.4 Å². The maximum Gasteiger partial charge on any atom is 0.328 e. The van der Waals surface area contributed by atoms with Crippen LogP contribution in [-0.2, 0) is 6.54 Å². The van der Waals surface area contributed by atoms with Crippen molar-refractivity contribution in [3.05, 3.63) is 73.0 Å². The normalized spacial score (nSPS) is 10.7. The summed E-state index contributed by atoms with van der Waals surface area (Å²) in [7, 11) is 0. The van der Waals surface area contributed by atoms with Crippen LogP contribution in [0, 0.1) is 3.57 Å². The highest BCUT2D eigenvalue weighted by atomic mass is 127. The molecule has 0 spiro atoms. The van der Waals surface area contributed by atoms with E-state index in [4.69, 9.17) is 4.42 Å². The van der Waals surface area contributed by atoms with E-state index < -0.39 is 5.69 Å². The summed E-state index contributed by atoms with van der Waals surface area (Å²) in [6.45, 7) is 0.391. The molecule has 3 rings (SSSR count). The van der Waals surface area contributed by atoms with E-state index in [1.165, 1.54) is 11.0 Å². The smallest absolute Gasteiger partial charge is 0.328 e. The first-order valence-electron chi connectivity index (χ1n) is 6.10. The quantitative estimate of drug-likeness (QED) is 0.687. The van der Waals surface area contributed by atoms with Crippen LogP contribution in [0.4, 0.5) is 0 Å². The molecule has 2 aromatic heterocycles. The Hall–Kier alpha value is -2.16. The SMILES string of the molecule is O=c1[nH]c(=O)n(Cc2ccc(-c3cnco3)cc2)cc1I. The fourth-order valence-corrected chi connectivity index (χ4v) is 2.40. The molecular weight excluding hydrogens is 385 g/mol. The van der Waals surface area contributed by atoms with Gasteiger partial charge >= 0.3 is 5.69 Å². The Morgan fingerprint density at radius 2 is 2.00 bits per heavy atom. The zero-order valence-electron chi connectivity index (χ0n) is 10.7. The molecule has 0 bridgehead atoms. The molecule has 0 fully saturated rings. The molecule has 3 aromatic rings. The molecule has 0 saturated heterocycles. The maximum atomic E-state index is 11.7. The van der Waals surface area contributed by atoms with E-state index in [-0.39, 0.29) is 5.56 Å². The Labute approximate surface area is 132 Å². The van der Waals surface area contributed by atoms with Crippen molar-refractivity contribution in [3.63, 3.8) is 0 Å². The Kier molecular flexibility index (Phi) is 3.74. The van der Waals surface area contributed by atoms with Crippen molar-refractivity contribution in [2.24, 2.45) is 0 Å². The molecule has 2 heterocycles. The largest absolute Gasteiger partial charge is 0.444 e. The number of aromatic nitrogens is 3. The minimum absolute atomic E-state index is 0.363. The van der Waals surface area contributed by atoms with Gasteiger partial charge in [0.15, 0.2) is 12.2 Å². The van der Waals surface area contributed by atoms with Crippen LogP contribution < -0.4 is 11.2 Å². The van der Waals surface area contributed by atoms with E-state index in [2.05, 4.69) is 9.97 Å². The Balaban J connectivity index is 1.88. The maximum absolute atomic E-state index is 11.7. The predicted molar refractivity (Wildman–Crippen MR) is 85.1 cm³/mol. The molecule has 6 nitrogen and oxygen atoms in total. The minimum atomic E-state index is -0.417. The molecule has 0 unspecified atom stereocenters. The van der Waals surface area contributed by atoms with Crippen molar-refractivity contribution in [3.8, 4) is 11.3 Å². The summed E-state index contributed by atoms with van der Waals surface area (Å²) < 4.78 is 7.16. The van der Waals surface area contributed by atoms with Crippen LogP contribution in [0.5, 0.6) is 0 Å². The molecule has 0 aliphatic carbocycles. The molecule has 1 N–H and O–H groups in total. The average molecular weight is 395 g/mol. The minimum Gasteiger partial charge on any atom is -0.444 e. The first-order chi connectivity index (χ1) is 10.1. The molecule has 106 valence electrons. The Bertz CT molecular complexity index is 864. The van der Waals surface area contributed by atoms with Gasteiger partial charge in [0.2, 0.25) is 0 Å². The molecule has 7 heteroatoms. The van der Waals surface area contributed by atoms with E-state index in [0.29, 0.717) is 15.9 Å². The van der Waals surface area contributed by atoms with E-state index in [1.807, 2.05) is 46.9 Å². The third kappa shape index (κ3) is 2.97. The number of nitrogens with zero attached hydrogens (tertiary/aromatic N) is 2. The van der Waals surface area contributed by atoms with Crippen molar-refractivity contribution >= 4 is 22.6 Å². The van der Waals surface area contributed by atoms with E-state index in [0.717, 1.165) is 11.1 Å². The molecule has 0 aliphatic heterocycles. The number of H-pyrrole nitrogens is 1. The van der Waals surface area contributed by atoms with Crippen LogP contribution in [0.3, 0.4) is 0 Å². The zero-order valence-corrected chi connectivity index (χ0v) is 12.9. The summed E-state index contributed by atoms with van der Waals surface area (Å²) in [5.41, 5.74) is 1.08. The fraction of sp³-hybridized carbons (Fsp3) is 0.0714. The average Bonchev–Trinajstić information content (AvgIpc) is 3.00. The summed E-state index contributed by atoms with van der Waals surface area (Å²) in [5.74, 6) is 0.692. The third-order valence-electron chi connectivity index (χ3n) is 2.99. The molecule has 21 heavy (non-hydrogen) atoms. The van der Waals surface area contributed by atoms with E-state index >= 15 is 0 Å². The molecule has 0 radical (unpaired) electrons. The molecule has 1 aromatic carbocycles. The van der Waals surface area contributed by atoms with Gasteiger partial charge in [-0.3, -0.25) is 14.3 Å². The van der Waals surface area contributed by atoms with Gasteiger partial charge in [-0.2, -0.15) is 0 Å². The Morgan fingerprint density at radius 3 is 2.67 bits per heavy atom. The van der Waals surface area contributed by atoms with Gasteiger partial charge in [-0.15, -0.1) is 0 Å². The zero-order chi connectivity index (χ0) is 14.8. The number of oxazole rings is 1. The lowest BCUT2D eigenvalue weighted by atomic mass is 10.1. The second-order valence-corrected chi connectivity index (χ2v) is 5.59. The summed E-state index contributed by atoms with van der Waals surface area (Å²) in [6, 6.07) is 7.61. The van der Waals surface area contributed by atoms with Crippen molar-refractivity contribution < 1.29 is 4.42 Å². The standard InChI is InChI=1S/C14H10IN3O3/c15-11-7-18(14(20)17-13(11)19)6-9-1-3-10(4-2-9)12-5-16-8-21-12/h1-5,7-8H,6H2,(H,17,19,20). The monoisotopic (exact) mass is 395 g/mol. The van der Waals surface area contributed by atoms with Crippen LogP contribution in [0.15, 0.2) is 57.1 Å². The Morgan fingerprint density at radius 1 is 1.24 bits per heavy atom. The van der Waals surface area contributed by atoms with Gasteiger partial charge in [0.25, 0.3) is 5.56 Å². The molecule has 0 atom stereocenters. The first-order valence-corrected chi connectivity index (χ1v) is 7.18. The van der Waals surface area contributed by atoms with Crippen molar-refractivity contribution in [1.82, 2.24) is 14.5 Å². The predicted octanol–water partition coefficient (Wildman–Crippen LogP) is 1.84. The highest BCUT2D eigenvalue weighted by molar-refractivity contribution is 14.1. The third-order valence-corrected chi connectivity index (χ3v) is 3.76. The topological polar surface area (TPSA) is 80.9 Å².